The molecule has 3 rings (SSSR count). The lowest BCUT2D eigenvalue weighted by molar-refractivity contribution is -0.113. The summed E-state index contributed by atoms with van der Waals surface area (Å²) in [5.74, 6) is -1.29. The van der Waals surface area contributed by atoms with Crippen molar-refractivity contribution in [3.63, 3.8) is 0 Å². The van der Waals surface area contributed by atoms with Crippen LogP contribution in [0.15, 0.2) is 29.8 Å². The maximum Gasteiger partial charge on any atom is 0.337 e. The molecule has 0 heterocycles. The lowest BCUT2D eigenvalue weighted by atomic mass is 9.67. The number of nitrogens with one attached hydrogen (secondary N) is 1. The van der Waals surface area contributed by atoms with Gasteiger partial charge in [0.05, 0.1) is 11.3 Å². The van der Waals surface area contributed by atoms with Crippen LogP contribution in [0.1, 0.15) is 61.7 Å². The molecule has 1 spiro atoms. The van der Waals surface area contributed by atoms with E-state index in [0.717, 1.165) is 37.7 Å². The van der Waals surface area contributed by atoms with Crippen molar-refractivity contribution >= 4 is 29.2 Å². The highest BCUT2D eigenvalue weighted by Gasteiger charge is 2.33. The third kappa shape index (κ3) is 3.64. The maximum absolute atomic E-state index is 12.6. The molecule has 1 aromatic carbocycles. The van der Waals surface area contributed by atoms with Crippen molar-refractivity contribution in [1.82, 2.24) is 0 Å². The maximum atomic E-state index is 12.6. The van der Waals surface area contributed by atoms with Crippen LogP contribution in [-0.4, -0.2) is 17.0 Å². The highest BCUT2D eigenvalue weighted by Crippen LogP contribution is 2.45. The molecule has 1 fully saturated rings. The molecule has 1 saturated carbocycles. The van der Waals surface area contributed by atoms with Crippen molar-refractivity contribution in [3.8, 4) is 0 Å². The summed E-state index contributed by atoms with van der Waals surface area (Å²) in [4.78, 5) is 24.0. The molecule has 2 aliphatic rings. The number of hydrogen-bond acceptors (Lipinski definition) is 2. The molecule has 0 atom stereocenters. The molecule has 1 amide bonds. The molecule has 2 aliphatic carbocycles. The molecule has 5 heteroatoms. The average Bonchev–Trinajstić information content (AvgIpc) is 2.57. The second-order valence-corrected chi connectivity index (χ2v) is 7.33. The second kappa shape index (κ2) is 6.98. The number of carbonyl (C=O) groups excluding carboxylic acids is 1. The van der Waals surface area contributed by atoms with Crippen molar-refractivity contribution in [2.24, 2.45) is 5.41 Å². The first-order valence-corrected chi connectivity index (χ1v) is 8.93. The zero-order valence-corrected chi connectivity index (χ0v) is 14.4. The van der Waals surface area contributed by atoms with E-state index in [4.69, 9.17) is 11.6 Å². The summed E-state index contributed by atoms with van der Waals surface area (Å²) in [5, 5.41) is 12.4. The Labute approximate surface area is 146 Å². The van der Waals surface area contributed by atoms with Gasteiger partial charge in [0.1, 0.15) is 0 Å². The Morgan fingerprint density at radius 1 is 1.08 bits per heavy atom. The molecule has 0 unspecified atom stereocenters. The van der Waals surface area contributed by atoms with Crippen molar-refractivity contribution in [3.05, 3.63) is 40.4 Å². The van der Waals surface area contributed by atoms with Gasteiger partial charge in [-0.05, 0) is 55.7 Å². The van der Waals surface area contributed by atoms with Crippen LogP contribution in [0.4, 0.5) is 5.69 Å². The Morgan fingerprint density at radius 2 is 1.79 bits per heavy atom. The molecule has 4 nitrogen and oxygen atoms in total. The molecule has 0 saturated heterocycles. The molecule has 0 bridgehead atoms. The third-order valence-corrected chi connectivity index (χ3v) is 5.44. The van der Waals surface area contributed by atoms with Crippen LogP contribution >= 0.6 is 11.6 Å². The molecule has 2 N–H and O–H groups in total. The van der Waals surface area contributed by atoms with Crippen molar-refractivity contribution in [2.45, 2.75) is 51.4 Å². The Bertz CT molecular complexity index is 690. The highest BCUT2D eigenvalue weighted by molar-refractivity contribution is 6.31. The smallest absolute Gasteiger partial charge is 0.337 e. The first-order valence-electron chi connectivity index (χ1n) is 8.55. The Morgan fingerprint density at radius 3 is 2.50 bits per heavy atom. The zero-order chi connectivity index (χ0) is 17.2. The minimum Gasteiger partial charge on any atom is -0.478 e. The molecule has 1 aromatic rings. The van der Waals surface area contributed by atoms with Gasteiger partial charge < -0.3 is 10.4 Å². The summed E-state index contributed by atoms with van der Waals surface area (Å²) < 4.78 is 0. The third-order valence-electron chi connectivity index (χ3n) is 5.20. The monoisotopic (exact) mass is 347 g/mol. The molecule has 128 valence electrons. The molecular weight excluding hydrogens is 326 g/mol. The Hall–Kier alpha value is -1.81. The van der Waals surface area contributed by atoms with Gasteiger partial charge in [-0.3, -0.25) is 4.79 Å². The fourth-order valence-corrected chi connectivity index (χ4v) is 4.15. The van der Waals surface area contributed by atoms with Gasteiger partial charge in [0.2, 0.25) is 0 Å². The first kappa shape index (κ1) is 17.0. The van der Waals surface area contributed by atoms with Crippen LogP contribution in [0.5, 0.6) is 0 Å². The standard InChI is InChI=1S/C19H22ClNO3/c20-14-6-7-16(15(11-14)18(23)24)21-17(22)13-5-4-10-19(12-13)8-2-1-3-9-19/h6-7,11-12H,1-5,8-10H2,(H,21,22)(H,23,24). The molecule has 0 radical (unpaired) electrons. The number of halogens is 1. The SMILES string of the molecule is O=C(Nc1ccc(Cl)cc1C(=O)O)C1=CC2(CCCCC2)CCC1. The number of carboxylic acid groups (broad SMARTS) is 1. The van der Waals surface area contributed by atoms with Crippen LogP contribution in [0.2, 0.25) is 5.02 Å². The van der Waals surface area contributed by atoms with Gasteiger partial charge >= 0.3 is 5.97 Å². The second-order valence-electron chi connectivity index (χ2n) is 6.90. The number of carbonyl (C=O) groups is 2. The van der Waals surface area contributed by atoms with E-state index >= 15 is 0 Å². The van der Waals surface area contributed by atoms with Crippen LogP contribution < -0.4 is 5.32 Å². The summed E-state index contributed by atoms with van der Waals surface area (Å²) in [6, 6.07) is 4.49. The number of aromatic carboxylic acids is 1. The van der Waals surface area contributed by atoms with E-state index in [2.05, 4.69) is 11.4 Å². The van der Waals surface area contributed by atoms with E-state index in [1.54, 1.807) is 12.1 Å². The van der Waals surface area contributed by atoms with E-state index in [1.165, 1.54) is 25.3 Å². The van der Waals surface area contributed by atoms with Crippen molar-refractivity contribution in [1.29, 1.82) is 0 Å². The average molecular weight is 348 g/mol. The van der Waals surface area contributed by atoms with Gasteiger partial charge in [0.25, 0.3) is 5.91 Å². The minimum atomic E-state index is -1.10. The Kier molecular flexibility index (Phi) is 4.95. The zero-order valence-electron chi connectivity index (χ0n) is 13.6. The van der Waals surface area contributed by atoms with Crippen LogP contribution in [0.3, 0.4) is 0 Å². The Balaban J connectivity index is 1.81. The number of benzene rings is 1. The van der Waals surface area contributed by atoms with Gasteiger partial charge in [-0.25, -0.2) is 4.79 Å². The van der Waals surface area contributed by atoms with Crippen LogP contribution in [0.25, 0.3) is 0 Å². The summed E-state index contributed by atoms with van der Waals surface area (Å²) in [6.07, 6.45) is 11.2. The minimum absolute atomic E-state index is 0.0136. The summed E-state index contributed by atoms with van der Waals surface area (Å²) in [6.45, 7) is 0. The van der Waals surface area contributed by atoms with E-state index in [0.29, 0.717) is 10.7 Å². The summed E-state index contributed by atoms with van der Waals surface area (Å²) in [5.41, 5.74) is 1.27. The molecule has 0 aromatic heterocycles. The van der Waals surface area contributed by atoms with E-state index in [1.807, 2.05) is 0 Å². The van der Waals surface area contributed by atoms with Gasteiger partial charge in [-0.2, -0.15) is 0 Å². The van der Waals surface area contributed by atoms with E-state index < -0.39 is 5.97 Å². The number of rotatable bonds is 3. The predicted molar refractivity (Wildman–Crippen MR) is 94.5 cm³/mol. The largest absolute Gasteiger partial charge is 0.478 e. The summed E-state index contributed by atoms with van der Waals surface area (Å²) in [7, 11) is 0. The number of hydrogen-bond donors (Lipinski definition) is 2. The molecular formula is C19H22ClNO3. The quantitative estimate of drug-likeness (QED) is 0.805. The van der Waals surface area contributed by atoms with Crippen LogP contribution in [0, 0.1) is 5.41 Å². The van der Waals surface area contributed by atoms with Crippen molar-refractivity contribution < 1.29 is 14.7 Å². The fourth-order valence-electron chi connectivity index (χ4n) is 3.98. The number of allylic oxidation sites excluding steroid dienone is 1. The topological polar surface area (TPSA) is 66.4 Å². The first-order chi connectivity index (χ1) is 11.5. The van der Waals surface area contributed by atoms with E-state index in [9.17, 15) is 14.7 Å². The normalized spacial score (nSPS) is 19.6. The van der Waals surface area contributed by atoms with Gasteiger partial charge in [0, 0.05) is 10.6 Å². The lowest BCUT2D eigenvalue weighted by Gasteiger charge is -2.38. The number of carboxylic acids is 1. The van der Waals surface area contributed by atoms with Crippen LogP contribution in [-0.2, 0) is 4.79 Å². The van der Waals surface area contributed by atoms with E-state index in [-0.39, 0.29) is 16.9 Å². The molecule has 0 aliphatic heterocycles. The van der Waals surface area contributed by atoms with Gasteiger partial charge in [-0.1, -0.05) is 36.9 Å². The summed E-state index contributed by atoms with van der Waals surface area (Å²) >= 11 is 5.86. The highest BCUT2D eigenvalue weighted by atomic mass is 35.5. The van der Waals surface area contributed by atoms with Gasteiger partial charge in [-0.15, -0.1) is 0 Å². The number of anilines is 1. The van der Waals surface area contributed by atoms with Gasteiger partial charge in [0.15, 0.2) is 0 Å². The molecule has 24 heavy (non-hydrogen) atoms. The lowest BCUT2D eigenvalue weighted by Crippen LogP contribution is -2.28. The fraction of sp³-hybridized carbons (Fsp3) is 0.474. The number of amides is 1. The van der Waals surface area contributed by atoms with Crippen molar-refractivity contribution in [2.75, 3.05) is 5.32 Å². The predicted octanol–water partition coefficient (Wildman–Crippen LogP) is 5.04.